The van der Waals surface area contributed by atoms with Gasteiger partial charge in [-0.05, 0) is 17.2 Å². The van der Waals surface area contributed by atoms with E-state index in [1.807, 2.05) is 48.3 Å². The molecule has 0 saturated heterocycles. The minimum absolute atomic E-state index is 0.0774. The highest BCUT2D eigenvalue weighted by molar-refractivity contribution is 5.92. The summed E-state index contributed by atoms with van der Waals surface area (Å²) in [5.41, 5.74) is 5.30. The van der Waals surface area contributed by atoms with Crippen molar-refractivity contribution in [2.45, 2.75) is 6.61 Å². The molecule has 0 aliphatic rings. The van der Waals surface area contributed by atoms with Gasteiger partial charge < -0.3 is 9.67 Å². The summed E-state index contributed by atoms with van der Waals surface area (Å²) in [5.74, 6) is 0. The number of aromatic nitrogens is 2. The molecule has 1 N–H and O–H groups in total. The smallest absolute Gasteiger partial charge is 0.0962 e. The van der Waals surface area contributed by atoms with Gasteiger partial charge >= 0.3 is 0 Å². The Morgan fingerprint density at radius 1 is 1.11 bits per heavy atom. The van der Waals surface area contributed by atoms with Crippen molar-refractivity contribution in [1.82, 2.24) is 9.55 Å². The minimum atomic E-state index is 0.0774. The molecule has 0 aliphatic carbocycles. The van der Waals surface area contributed by atoms with Gasteiger partial charge in [0.15, 0.2) is 0 Å². The van der Waals surface area contributed by atoms with Gasteiger partial charge in [-0.3, -0.25) is 0 Å². The maximum Gasteiger partial charge on any atom is 0.0962 e. The highest BCUT2D eigenvalue weighted by Crippen LogP contribution is 2.27. The van der Waals surface area contributed by atoms with Gasteiger partial charge in [-0.2, -0.15) is 0 Å². The molecule has 18 heavy (non-hydrogen) atoms. The molecule has 0 atom stereocenters. The molecule has 1 heterocycles. The fraction of sp³-hybridized carbons (Fsp3) is 0.133. The van der Waals surface area contributed by atoms with E-state index in [1.165, 1.54) is 0 Å². The van der Waals surface area contributed by atoms with Gasteiger partial charge in [0.25, 0.3) is 0 Å². The van der Waals surface area contributed by atoms with Crippen LogP contribution < -0.4 is 0 Å². The number of fused-ring (bicyclic) bond motifs is 1. The van der Waals surface area contributed by atoms with E-state index in [4.69, 9.17) is 5.11 Å². The van der Waals surface area contributed by atoms with Gasteiger partial charge in [0, 0.05) is 12.6 Å². The van der Waals surface area contributed by atoms with E-state index in [-0.39, 0.29) is 6.61 Å². The monoisotopic (exact) mass is 238 g/mol. The van der Waals surface area contributed by atoms with Crippen LogP contribution in [-0.4, -0.2) is 14.7 Å². The molecule has 2 aromatic carbocycles. The van der Waals surface area contributed by atoms with Crippen LogP contribution in [0.5, 0.6) is 0 Å². The molecule has 1 aromatic heterocycles. The Labute approximate surface area is 105 Å². The number of para-hydroxylation sites is 1. The largest absolute Gasteiger partial charge is 0.392 e. The zero-order chi connectivity index (χ0) is 12.5. The molecule has 0 amide bonds. The summed E-state index contributed by atoms with van der Waals surface area (Å²) in [4.78, 5) is 4.45. The number of imidazole rings is 1. The van der Waals surface area contributed by atoms with Crippen molar-refractivity contribution in [3.05, 3.63) is 54.4 Å². The van der Waals surface area contributed by atoms with E-state index >= 15 is 0 Å². The molecule has 0 unspecified atom stereocenters. The number of nitrogens with zero attached hydrogens (tertiary/aromatic N) is 2. The van der Waals surface area contributed by atoms with Gasteiger partial charge in [0.1, 0.15) is 0 Å². The second-order valence-corrected chi connectivity index (χ2v) is 4.38. The van der Waals surface area contributed by atoms with Crippen LogP contribution in [0.4, 0.5) is 0 Å². The fourth-order valence-electron chi connectivity index (χ4n) is 2.18. The second-order valence-electron chi connectivity index (χ2n) is 4.38. The van der Waals surface area contributed by atoms with Gasteiger partial charge in [0.05, 0.1) is 24.0 Å². The summed E-state index contributed by atoms with van der Waals surface area (Å²) in [6, 6.07) is 14.1. The first-order valence-electron chi connectivity index (χ1n) is 5.90. The lowest BCUT2D eigenvalue weighted by Gasteiger charge is -2.04. The summed E-state index contributed by atoms with van der Waals surface area (Å²) < 4.78 is 2.01. The minimum Gasteiger partial charge on any atom is -0.392 e. The summed E-state index contributed by atoms with van der Waals surface area (Å²) in [7, 11) is 1.99. The van der Waals surface area contributed by atoms with Crippen molar-refractivity contribution in [1.29, 1.82) is 0 Å². The van der Waals surface area contributed by atoms with Crippen LogP contribution in [0.1, 0.15) is 5.56 Å². The molecule has 3 nitrogen and oxygen atoms in total. The van der Waals surface area contributed by atoms with Crippen molar-refractivity contribution in [3.63, 3.8) is 0 Å². The Bertz CT molecular complexity index is 683. The average Bonchev–Trinajstić information content (AvgIpc) is 2.81. The normalized spacial score (nSPS) is 11.0. The first kappa shape index (κ1) is 11.0. The maximum atomic E-state index is 9.06. The number of hydrogen-bond acceptors (Lipinski definition) is 2. The number of rotatable bonds is 2. The van der Waals surface area contributed by atoms with E-state index in [0.717, 1.165) is 27.7 Å². The van der Waals surface area contributed by atoms with Crippen LogP contribution >= 0.6 is 0 Å². The van der Waals surface area contributed by atoms with Crippen LogP contribution in [0, 0.1) is 0 Å². The zero-order valence-corrected chi connectivity index (χ0v) is 10.2. The predicted molar refractivity (Wildman–Crippen MR) is 72.1 cm³/mol. The van der Waals surface area contributed by atoms with Crippen molar-refractivity contribution in [2.24, 2.45) is 7.05 Å². The summed E-state index contributed by atoms with van der Waals surface area (Å²) in [6.45, 7) is 0.0774. The molecule has 3 heteroatoms. The molecule has 3 rings (SSSR count). The molecule has 0 aliphatic heterocycles. The van der Waals surface area contributed by atoms with Crippen LogP contribution in [0.15, 0.2) is 48.8 Å². The number of aliphatic hydroxyl groups is 1. The SMILES string of the molecule is Cn1cnc2c(-c3ccc(CO)cc3)cccc21. The van der Waals surface area contributed by atoms with E-state index in [1.54, 1.807) is 0 Å². The first-order valence-corrected chi connectivity index (χ1v) is 5.90. The predicted octanol–water partition coefficient (Wildman–Crippen LogP) is 2.73. The van der Waals surface area contributed by atoms with E-state index < -0.39 is 0 Å². The van der Waals surface area contributed by atoms with Crippen molar-refractivity contribution in [2.75, 3.05) is 0 Å². The van der Waals surface area contributed by atoms with Gasteiger partial charge in [0.2, 0.25) is 0 Å². The van der Waals surface area contributed by atoms with Crippen molar-refractivity contribution >= 4 is 11.0 Å². The molecular formula is C15H14N2O. The zero-order valence-electron chi connectivity index (χ0n) is 10.2. The molecule has 3 aromatic rings. The van der Waals surface area contributed by atoms with Crippen LogP contribution in [0.3, 0.4) is 0 Å². The standard InChI is InChI=1S/C15H14N2O/c1-17-10-16-15-13(3-2-4-14(15)17)12-7-5-11(9-18)6-8-12/h2-8,10,18H,9H2,1H3. The van der Waals surface area contributed by atoms with Crippen LogP contribution in [-0.2, 0) is 13.7 Å². The fourth-order valence-corrected chi connectivity index (χ4v) is 2.18. The van der Waals surface area contributed by atoms with E-state index in [2.05, 4.69) is 17.1 Å². The Kier molecular flexibility index (Phi) is 2.61. The molecule has 0 fully saturated rings. The van der Waals surface area contributed by atoms with Crippen molar-refractivity contribution < 1.29 is 5.11 Å². The highest BCUT2D eigenvalue weighted by atomic mass is 16.3. The first-order chi connectivity index (χ1) is 8.79. The van der Waals surface area contributed by atoms with Gasteiger partial charge in [-0.25, -0.2) is 4.98 Å². The third-order valence-corrected chi connectivity index (χ3v) is 3.20. The highest BCUT2D eigenvalue weighted by Gasteiger charge is 2.07. The van der Waals surface area contributed by atoms with Gasteiger partial charge in [-0.15, -0.1) is 0 Å². The number of aryl methyl sites for hydroxylation is 1. The average molecular weight is 238 g/mol. The topological polar surface area (TPSA) is 38.0 Å². The number of benzene rings is 2. The van der Waals surface area contributed by atoms with Crippen molar-refractivity contribution in [3.8, 4) is 11.1 Å². The Morgan fingerprint density at radius 3 is 2.61 bits per heavy atom. The summed E-state index contributed by atoms with van der Waals surface area (Å²) >= 11 is 0. The maximum absolute atomic E-state index is 9.06. The number of aliphatic hydroxyl groups excluding tert-OH is 1. The third-order valence-electron chi connectivity index (χ3n) is 3.20. The molecule has 0 spiro atoms. The number of hydrogen-bond donors (Lipinski definition) is 1. The molecule has 0 bridgehead atoms. The van der Waals surface area contributed by atoms with Gasteiger partial charge in [-0.1, -0.05) is 36.4 Å². The third kappa shape index (κ3) is 1.69. The Hall–Kier alpha value is -2.13. The van der Waals surface area contributed by atoms with Crippen LogP contribution in [0.25, 0.3) is 22.2 Å². The molecule has 90 valence electrons. The van der Waals surface area contributed by atoms with E-state index in [9.17, 15) is 0 Å². The Balaban J connectivity index is 2.18. The quantitative estimate of drug-likeness (QED) is 0.745. The van der Waals surface area contributed by atoms with Crippen LogP contribution in [0.2, 0.25) is 0 Å². The lowest BCUT2D eigenvalue weighted by Crippen LogP contribution is -1.86. The lowest BCUT2D eigenvalue weighted by atomic mass is 10.0. The lowest BCUT2D eigenvalue weighted by molar-refractivity contribution is 0.282. The molecular weight excluding hydrogens is 224 g/mol. The molecule has 0 saturated carbocycles. The summed E-state index contributed by atoms with van der Waals surface area (Å²) in [6.07, 6.45) is 1.83. The van der Waals surface area contributed by atoms with E-state index in [0.29, 0.717) is 0 Å². The molecule has 0 radical (unpaired) electrons. The second kappa shape index (κ2) is 4.27. The summed E-state index contributed by atoms with van der Waals surface area (Å²) in [5, 5.41) is 9.06. The Morgan fingerprint density at radius 2 is 1.89 bits per heavy atom.